The number of fused-ring (bicyclic) bond motifs is 2. The van der Waals surface area contributed by atoms with Crippen LogP contribution in [-0.4, -0.2) is 14.8 Å². The van der Waals surface area contributed by atoms with Gasteiger partial charge in [-0.05, 0) is 24.5 Å². The molecule has 18 heavy (non-hydrogen) atoms. The Balaban J connectivity index is 1.68. The van der Waals surface area contributed by atoms with Gasteiger partial charge in [0.25, 0.3) is 0 Å². The Labute approximate surface area is 106 Å². The van der Waals surface area contributed by atoms with E-state index in [0.29, 0.717) is 0 Å². The molecule has 2 aliphatic rings. The van der Waals surface area contributed by atoms with E-state index in [1.807, 2.05) is 12.1 Å². The van der Waals surface area contributed by atoms with Gasteiger partial charge in [0.15, 0.2) is 11.9 Å². The van der Waals surface area contributed by atoms with E-state index in [2.05, 4.69) is 26.9 Å². The second-order valence-electron chi connectivity index (χ2n) is 5.00. The van der Waals surface area contributed by atoms with Gasteiger partial charge in [-0.3, -0.25) is 0 Å². The van der Waals surface area contributed by atoms with Crippen molar-refractivity contribution in [1.82, 2.24) is 14.8 Å². The lowest BCUT2D eigenvalue weighted by atomic mass is 10.1. The molecule has 0 radical (unpaired) electrons. The lowest BCUT2D eigenvalue weighted by molar-refractivity contribution is 0.219. The van der Waals surface area contributed by atoms with Crippen LogP contribution in [0.2, 0.25) is 0 Å². The van der Waals surface area contributed by atoms with Crippen molar-refractivity contribution < 1.29 is 4.74 Å². The van der Waals surface area contributed by atoms with E-state index in [9.17, 15) is 0 Å². The van der Waals surface area contributed by atoms with Crippen LogP contribution in [-0.2, 0) is 19.4 Å². The monoisotopic (exact) mass is 241 g/mol. The first kappa shape index (κ1) is 10.1. The van der Waals surface area contributed by atoms with E-state index < -0.39 is 0 Å². The first-order valence-electron chi connectivity index (χ1n) is 6.58. The van der Waals surface area contributed by atoms with Crippen LogP contribution in [0.5, 0.6) is 5.75 Å². The van der Waals surface area contributed by atoms with Crippen LogP contribution in [0.1, 0.15) is 36.2 Å². The van der Waals surface area contributed by atoms with Crippen molar-refractivity contribution in [1.29, 1.82) is 0 Å². The molecule has 4 nitrogen and oxygen atoms in total. The van der Waals surface area contributed by atoms with Crippen LogP contribution in [0.3, 0.4) is 0 Å². The van der Waals surface area contributed by atoms with Gasteiger partial charge in [0.1, 0.15) is 11.6 Å². The van der Waals surface area contributed by atoms with Crippen molar-refractivity contribution in [2.75, 3.05) is 0 Å². The highest BCUT2D eigenvalue weighted by atomic mass is 16.5. The number of rotatable bonds is 1. The normalized spacial score (nSPS) is 21.2. The summed E-state index contributed by atoms with van der Waals surface area (Å²) in [6.07, 6.45) is 4.45. The van der Waals surface area contributed by atoms with Crippen LogP contribution >= 0.6 is 0 Å². The minimum Gasteiger partial charge on any atom is -0.482 e. The van der Waals surface area contributed by atoms with Crippen molar-refractivity contribution in [3.05, 3.63) is 41.5 Å². The third-order valence-corrected chi connectivity index (χ3v) is 3.82. The van der Waals surface area contributed by atoms with E-state index >= 15 is 0 Å². The van der Waals surface area contributed by atoms with E-state index in [-0.39, 0.29) is 6.10 Å². The summed E-state index contributed by atoms with van der Waals surface area (Å²) in [5, 5.41) is 8.65. The van der Waals surface area contributed by atoms with Gasteiger partial charge in [0.05, 0.1) is 0 Å². The summed E-state index contributed by atoms with van der Waals surface area (Å²) >= 11 is 0. The maximum atomic E-state index is 5.99. The second kappa shape index (κ2) is 3.83. The molecule has 4 rings (SSSR count). The van der Waals surface area contributed by atoms with Crippen LogP contribution in [0, 0.1) is 0 Å². The van der Waals surface area contributed by atoms with Gasteiger partial charge >= 0.3 is 0 Å². The molecule has 2 aliphatic heterocycles. The Hall–Kier alpha value is -1.84. The fourth-order valence-electron chi connectivity index (χ4n) is 2.90. The molecule has 0 saturated carbocycles. The molecule has 92 valence electrons. The molecule has 1 atom stereocenters. The number of para-hydroxylation sites is 1. The maximum Gasteiger partial charge on any atom is 0.174 e. The quantitative estimate of drug-likeness (QED) is 0.769. The van der Waals surface area contributed by atoms with Crippen molar-refractivity contribution in [3.63, 3.8) is 0 Å². The molecule has 3 heterocycles. The van der Waals surface area contributed by atoms with Gasteiger partial charge < -0.3 is 9.30 Å². The Morgan fingerprint density at radius 2 is 2.11 bits per heavy atom. The molecule has 1 aromatic heterocycles. The van der Waals surface area contributed by atoms with Crippen molar-refractivity contribution in [2.24, 2.45) is 0 Å². The minimum atomic E-state index is 0.0433. The molecule has 2 aromatic rings. The molecule has 0 amide bonds. The molecule has 4 heteroatoms. The van der Waals surface area contributed by atoms with Crippen LogP contribution < -0.4 is 4.74 Å². The lowest BCUT2D eigenvalue weighted by Crippen LogP contribution is -2.17. The highest BCUT2D eigenvalue weighted by Gasteiger charge is 2.30. The van der Waals surface area contributed by atoms with Gasteiger partial charge in [-0.15, -0.1) is 10.2 Å². The number of aromatic nitrogens is 3. The van der Waals surface area contributed by atoms with E-state index in [4.69, 9.17) is 4.74 Å². The number of benzene rings is 1. The van der Waals surface area contributed by atoms with E-state index in [0.717, 1.165) is 36.8 Å². The summed E-state index contributed by atoms with van der Waals surface area (Å²) < 4.78 is 8.24. The Kier molecular flexibility index (Phi) is 2.15. The number of ether oxygens (including phenoxy) is 1. The van der Waals surface area contributed by atoms with E-state index in [1.54, 1.807) is 0 Å². The van der Waals surface area contributed by atoms with Crippen LogP contribution in [0.25, 0.3) is 0 Å². The fraction of sp³-hybridized carbons (Fsp3) is 0.429. The fourth-order valence-corrected chi connectivity index (χ4v) is 2.90. The van der Waals surface area contributed by atoms with Crippen molar-refractivity contribution >= 4 is 0 Å². The second-order valence-corrected chi connectivity index (χ2v) is 5.00. The minimum absolute atomic E-state index is 0.0433. The molecular weight excluding hydrogens is 226 g/mol. The topological polar surface area (TPSA) is 39.9 Å². The largest absolute Gasteiger partial charge is 0.482 e. The number of aryl methyl sites for hydroxylation is 1. The Bertz CT molecular complexity index is 565. The zero-order valence-corrected chi connectivity index (χ0v) is 10.2. The molecular formula is C14H15N3O. The average molecular weight is 241 g/mol. The Morgan fingerprint density at radius 3 is 3.06 bits per heavy atom. The molecule has 1 aromatic carbocycles. The highest BCUT2D eigenvalue weighted by Crippen LogP contribution is 2.36. The van der Waals surface area contributed by atoms with Gasteiger partial charge in [-0.1, -0.05) is 18.2 Å². The predicted octanol–water partition coefficient (Wildman–Crippen LogP) is 2.29. The van der Waals surface area contributed by atoms with Gasteiger partial charge in [-0.2, -0.15) is 0 Å². The summed E-state index contributed by atoms with van der Waals surface area (Å²) in [5.74, 6) is 3.12. The van der Waals surface area contributed by atoms with Crippen LogP contribution in [0.4, 0.5) is 0 Å². The Morgan fingerprint density at radius 1 is 1.17 bits per heavy atom. The molecule has 1 unspecified atom stereocenters. The molecule has 0 saturated heterocycles. The molecule has 0 aliphatic carbocycles. The third-order valence-electron chi connectivity index (χ3n) is 3.82. The molecule has 0 bridgehead atoms. The highest BCUT2D eigenvalue weighted by molar-refractivity contribution is 5.38. The smallest absolute Gasteiger partial charge is 0.174 e. The molecule has 0 spiro atoms. The first-order valence-corrected chi connectivity index (χ1v) is 6.58. The average Bonchev–Trinajstić information content (AvgIpc) is 3.02. The number of hydrogen-bond donors (Lipinski definition) is 0. The SMILES string of the molecule is c1ccc2c(c1)CC(c1nnc3n1CCCC3)O2. The summed E-state index contributed by atoms with van der Waals surface area (Å²) in [5.41, 5.74) is 1.27. The predicted molar refractivity (Wildman–Crippen MR) is 66.5 cm³/mol. The summed E-state index contributed by atoms with van der Waals surface area (Å²) in [6.45, 7) is 1.04. The van der Waals surface area contributed by atoms with Gasteiger partial charge in [-0.25, -0.2) is 0 Å². The van der Waals surface area contributed by atoms with Crippen LogP contribution in [0.15, 0.2) is 24.3 Å². The van der Waals surface area contributed by atoms with Gasteiger partial charge in [0.2, 0.25) is 0 Å². The molecule has 0 fully saturated rings. The standard InChI is InChI=1S/C14H15N3O/c1-2-6-11-10(5-1)9-12(18-11)14-16-15-13-7-3-4-8-17(13)14/h1-2,5-6,12H,3-4,7-9H2. The first-order chi connectivity index (χ1) is 8.92. The number of hydrogen-bond acceptors (Lipinski definition) is 3. The van der Waals surface area contributed by atoms with E-state index in [1.165, 1.54) is 18.4 Å². The lowest BCUT2D eigenvalue weighted by Gasteiger charge is -2.17. The summed E-state index contributed by atoms with van der Waals surface area (Å²) in [7, 11) is 0. The van der Waals surface area contributed by atoms with Gasteiger partial charge in [0, 0.05) is 19.4 Å². The number of nitrogens with zero attached hydrogens (tertiary/aromatic N) is 3. The zero-order chi connectivity index (χ0) is 11.9. The summed E-state index contributed by atoms with van der Waals surface area (Å²) in [6, 6.07) is 8.23. The maximum absolute atomic E-state index is 5.99. The zero-order valence-electron chi connectivity index (χ0n) is 10.2. The summed E-state index contributed by atoms with van der Waals surface area (Å²) in [4.78, 5) is 0. The molecule has 0 N–H and O–H groups in total. The van der Waals surface area contributed by atoms with Crippen molar-refractivity contribution in [3.8, 4) is 5.75 Å². The van der Waals surface area contributed by atoms with Crippen molar-refractivity contribution in [2.45, 2.75) is 38.3 Å². The third kappa shape index (κ3) is 1.45.